The molecule has 0 spiro atoms. The standard InChI is InChI=1S/C14H27N3O2/c1-2-19-14(18)16-13-8-12(7-11-3-4-11)9-17(10-13)6-5-15/h11-13H,2-10,15H2,1H3,(H,16,18). The summed E-state index contributed by atoms with van der Waals surface area (Å²) in [6.07, 6.45) is 4.89. The quantitative estimate of drug-likeness (QED) is 0.760. The van der Waals surface area contributed by atoms with Crippen LogP contribution in [-0.4, -0.2) is 49.8 Å². The molecular formula is C14H27N3O2. The number of hydrogen-bond acceptors (Lipinski definition) is 4. The minimum Gasteiger partial charge on any atom is -0.450 e. The largest absolute Gasteiger partial charge is 0.450 e. The third kappa shape index (κ3) is 4.99. The highest BCUT2D eigenvalue weighted by Crippen LogP contribution is 2.37. The van der Waals surface area contributed by atoms with Crippen LogP contribution in [0.3, 0.4) is 0 Å². The summed E-state index contributed by atoms with van der Waals surface area (Å²) in [5.74, 6) is 1.63. The smallest absolute Gasteiger partial charge is 0.407 e. The monoisotopic (exact) mass is 269 g/mol. The Bertz CT molecular complexity index is 294. The van der Waals surface area contributed by atoms with Gasteiger partial charge in [-0.3, -0.25) is 4.90 Å². The van der Waals surface area contributed by atoms with E-state index in [2.05, 4.69) is 10.2 Å². The second kappa shape index (κ2) is 7.10. The van der Waals surface area contributed by atoms with Gasteiger partial charge in [-0.2, -0.15) is 0 Å². The zero-order chi connectivity index (χ0) is 13.7. The number of carbonyl (C=O) groups excluding carboxylic acids is 1. The van der Waals surface area contributed by atoms with E-state index in [1.807, 2.05) is 6.92 Å². The molecule has 1 aliphatic heterocycles. The molecule has 5 nitrogen and oxygen atoms in total. The number of alkyl carbamates (subject to hydrolysis) is 1. The van der Waals surface area contributed by atoms with Gasteiger partial charge >= 0.3 is 6.09 Å². The summed E-state index contributed by atoms with van der Waals surface area (Å²) in [7, 11) is 0. The van der Waals surface area contributed by atoms with Gasteiger partial charge in [0.05, 0.1) is 6.61 Å². The van der Waals surface area contributed by atoms with Crippen molar-refractivity contribution < 1.29 is 9.53 Å². The Morgan fingerprint density at radius 3 is 2.79 bits per heavy atom. The summed E-state index contributed by atoms with van der Waals surface area (Å²) in [5, 5.41) is 2.99. The summed E-state index contributed by atoms with van der Waals surface area (Å²) in [5.41, 5.74) is 5.66. The lowest BCUT2D eigenvalue weighted by atomic mass is 9.90. The predicted octanol–water partition coefficient (Wildman–Crippen LogP) is 1.18. The molecule has 3 N–H and O–H groups in total. The van der Waals surface area contributed by atoms with Crippen LogP contribution in [0, 0.1) is 11.8 Å². The molecule has 2 aliphatic rings. The van der Waals surface area contributed by atoms with Crippen molar-refractivity contribution in [2.45, 2.75) is 38.6 Å². The van der Waals surface area contributed by atoms with Crippen LogP contribution < -0.4 is 11.1 Å². The Kier molecular flexibility index (Phi) is 5.45. The molecule has 1 aliphatic carbocycles. The maximum absolute atomic E-state index is 11.5. The molecule has 0 aromatic carbocycles. The number of ether oxygens (including phenoxy) is 1. The van der Waals surface area contributed by atoms with E-state index in [9.17, 15) is 4.79 Å². The molecule has 1 saturated heterocycles. The molecule has 2 rings (SSSR count). The molecule has 110 valence electrons. The van der Waals surface area contributed by atoms with Gasteiger partial charge in [-0.05, 0) is 31.6 Å². The number of nitrogens with two attached hydrogens (primary N) is 1. The first-order chi connectivity index (χ1) is 9.21. The predicted molar refractivity (Wildman–Crippen MR) is 74.9 cm³/mol. The van der Waals surface area contributed by atoms with E-state index in [1.54, 1.807) is 0 Å². The van der Waals surface area contributed by atoms with Crippen molar-refractivity contribution in [1.29, 1.82) is 0 Å². The van der Waals surface area contributed by atoms with E-state index < -0.39 is 0 Å². The second-order valence-corrected chi connectivity index (χ2v) is 5.89. The molecule has 2 atom stereocenters. The maximum atomic E-state index is 11.5. The van der Waals surface area contributed by atoms with Crippen molar-refractivity contribution in [3.8, 4) is 0 Å². The van der Waals surface area contributed by atoms with Gasteiger partial charge in [0.15, 0.2) is 0 Å². The Morgan fingerprint density at radius 2 is 2.16 bits per heavy atom. The van der Waals surface area contributed by atoms with Gasteiger partial charge < -0.3 is 15.8 Å². The van der Waals surface area contributed by atoms with E-state index >= 15 is 0 Å². The minimum atomic E-state index is -0.285. The molecule has 2 unspecified atom stereocenters. The summed E-state index contributed by atoms with van der Waals surface area (Å²) in [6, 6.07) is 0.211. The molecule has 0 radical (unpaired) electrons. The first kappa shape index (κ1) is 14.6. The van der Waals surface area contributed by atoms with Gasteiger partial charge in [0, 0.05) is 32.2 Å². The van der Waals surface area contributed by atoms with Crippen molar-refractivity contribution >= 4 is 6.09 Å². The van der Waals surface area contributed by atoms with Gasteiger partial charge in [0.2, 0.25) is 0 Å². The minimum absolute atomic E-state index is 0.211. The van der Waals surface area contributed by atoms with Crippen molar-refractivity contribution in [3.05, 3.63) is 0 Å². The summed E-state index contributed by atoms with van der Waals surface area (Å²) >= 11 is 0. The Balaban J connectivity index is 1.83. The first-order valence-corrected chi connectivity index (χ1v) is 7.57. The fourth-order valence-corrected chi connectivity index (χ4v) is 3.11. The number of amides is 1. The van der Waals surface area contributed by atoms with Gasteiger partial charge in [-0.15, -0.1) is 0 Å². The van der Waals surface area contributed by atoms with Gasteiger partial charge in [-0.1, -0.05) is 12.8 Å². The maximum Gasteiger partial charge on any atom is 0.407 e. The number of nitrogens with one attached hydrogen (secondary N) is 1. The van der Waals surface area contributed by atoms with Crippen LogP contribution in [0.5, 0.6) is 0 Å². The average molecular weight is 269 g/mol. The molecule has 0 aromatic heterocycles. The third-order valence-electron chi connectivity index (χ3n) is 4.02. The Hall–Kier alpha value is -0.810. The molecule has 1 heterocycles. The molecule has 1 amide bonds. The Morgan fingerprint density at radius 1 is 1.37 bits per heavy atom. The molecule has 5 heteroatoms. The van der Waals surface area contributed by atoms with Crippen LogP contribution in [0.25, 0.3) is 0 Å². The molecule has 19 heavy (non-hydrogen) atoms. The van der Waals surface area contributed by atoms with Crippen LogP contribution in [0.4, 0.5) is 4.79 Å². The van der Waals surface area contributed by atoms with Crippen LogP contribution in [-0.2, 0) is 4.74 Å². The fraction of sp³-hybridized carbons (Fsp3) is 0.929. The number of piperidine rings is 1. The summed E-state index contributed by atoms with van der Waals surface area (Å²) < 4.78 is 4.98. The Labute approximate surface area is 115 Å². The average Bonchev–Trinajstić information content (AvgIpc) is 3.13. The summed E-state index contributed by atoms with van der Waals surface area (Å²) in [6.45, 7) is 5.89. The molecule has 0 bridgehead atoms. The molecule has 0 aromatic rings. The van der Waals surface area contributed by atoms with E-state index in [0.29, 0.717) is 19.1 Å². The summed E-state index contributed by atoms with van der Waals surface area (Å²) in [4.78, 5) is 13.9. The topological polar surface area (TPSA) is 67.6 Å². The fourth-order valence-electron chi connectivity index (χ4n) is 3.11. The molecule has 2 fully saturated rings. The SMILES string of the molecule is CCOC(=O)NC1CC(CC2CC2)CN(CCN)C1. The van der Waals surface area contributed by atoms with Crippen molar-refractivity contribution in [2.75, 3.05) is 32.8 Å². The number of hydrogen-bond donors (Lipinski definition) is 2. The number of likely N-dealkylation sites (tertiary alicyclic amines) is 1. The van der Waals surface area contributed by atoms with Crippen LogP contribution in [0.15, 0.2) is 0 Å². The van der Waals surface area contributed by atoms with E-state index in [1.165, 1.54) is 19.3 Å². The van der Waals surface area contributed by atoms with Gasteiger partial charge in [0.1, 0.15) is 0 Å². The number of carbonyl (C=O) groups is 1. The van der Waals surface area contributed by atoms with Gasteiger partial charge in [0.25, 0.3) is 0 Å². The van der Waals surface area contributed by atoms with Crippen molar-refractivity contribution in [2.24, 2.45) is 17.6 Å². The van der Waals surface area contributed by atoms with E-state index in [-0.39, 0.29) is 12.1 Å². The van der Waals surface area contributed by atoms with E-state index in [4.69, 9.17) is 10.5 Å². The zero-order valence-electron chi connectivity index (χ0n) is 11.9. The number of nitrogens with zero attached hydrogens (tertiary/aromatic N) is 1. The normalized spacial score (nSPS) is 28.1. The lowest BCUT2D eigenvalue weighted by molar-refractivity contribution is 0.114. The van der Waals surface area contributed by atoms with Crippen molar-refractivity contribution in [1.82, 2.24) is 10.2 Å². The zero-order valence-corrected chi connectivity index (χ0v) is 11.9. The van der Waals surface area contributed by atoms with Crippen LogP contribution in [0.1, 0.15) is 32.6 Å². The lowest BCUT2D eigenvalue weighted by Gasteiger charge is -2.38. The van der Waals surface area contributed by atoms with Crippen LogP contribution in [0.2, 0.25) is 0 Å². The highest BCUT2D eigenvalue weighted by molar-refractivity contribution is 5.67. The highest BCUT2D eigenvalue weighted by Gasteiger charge is 2.32. The lowest BCUT2D eigenvalue weighted by Crippen LogP contribution is -2.52. The van der Waals surface area contributed by atoms with Gasteiger partial charge in [-0.25, -0.2) is 4.79 Å². The van der Waals surface area contributed by atoms with Crippen LogP contribution >= 0.6 is 0 Å². The molecular weight excluding hydrogens is 242 g/mol. The van der Waals surface area contributed by atoms with E-state index in [0.717, 1.165) is 32.0 Å². The van der Waals surface area contributed by atoms with Crippen molar-refractivity contribution in [3.63, 3.8) is 0 Å². The molecule has 1 saturated carbocycles. The number of rotatable bonds is 6. The third-order valence-corrected chi connectivity index (χ3v) is 4.02. The second-order valence-electron chi connectivity index (χ2n) is 5.89. The highest BCUT2D eigenvalue weighted by atomic mass is 16.5. The first-order valence-electron chi connectivity index (χ1n) is 7.57.